The molecule has 2 aromatic rings. The normalized spacial score (nSPS) is 11.8. The highest BCUT2D eigenvalue weighted by Gasteiger charge is 2.12. The molecule has 0 fully saturated rings. The Bertz CT molecular complexity index is 795. The van der Waals surface area contributed by atoms with Crippen LogP contribution >= 0.6 is 27.5 Å². The third-order valence-electron chi connectivity index (χ3n) is 3.22. The van der Waals surface area contributed by atoms with Gasteiger partial charge in [0.25, 0.3) is 10.1 Å². The predicted octanol–water partition coefficient (Wildman–Crippen LogP) is 5.10. The standard InChI is InChI=1S/C9H11BrClNO.C7H8O3S.CH4/c1-2-8(12)6-3-5(10)4-7(11)9(6)13;1-6-2-4-7(5-3-6)11(8,9)10;/h3-4,8,13H,2,12H2,1H3;2-5H,1H3,(H,8,9,10);1H4/t8-;;/m0../s1. The van der Waals surface area contributed by atoms with E-state index < -0.39 is 10.1 Å². The largest absolute Gasteiger partial charge is 0.506 e. The summed E-state index contributed by atoms with van der Waals surface area (Å²) in [6.45, 7) is 3.80. The minimum atomic E-state index is -4.02. The van der Waals surface area contributed by atoms with Crippen molar-refractivity contribution in [3.05, 3.63) is 57.0 Å². The van der Waals surface area contributed by atoms with Gasteiger partial charge in [-0.25, -0.2) is 0 Å². The van der Waals surface area contributed by atoms with Crippen LogP contribution in [0, 0.1) is 6.92 Å². The zero-order chi connectivity index (χ0) is 18.5. The molecule has 0 aliphatic rings. The highest BCUT2D eigenvalue weighted by atomic mass is 79.9. The Kier molecular flexibility index (Phi) is 9.68. The van der Waals surface area contributed by atoms with Gasteiger partial charge in [-0.1, -0.05) is 59.6 Å². The number of aromatic hydroxyl groups is 1. The van der Waals surface area contributed by atoms with Crippen molar-refractivity contribution < 1.29 is 18.1 Å². The van der Waals surface area contributed by atoms with E-state index in [1.165, 1.54) is 12.1 Å². The molecule has 140 valence electrons. The molecule has 2 aromatic carbocycles. The van der Waals surface area contributed by atoms with Crippen molar-refractivity contribution in [2.75, 3.05) is 0 Å². The summed E-state index contributed by atoms with van der Waals surface area (Å²) in [7, 11) is -4.02. The maximum absolute atomic E-state index is 10.5. The van der Waals surface area contributed by atoms with Gasteiger partial charge in [0.2, 0.25) is 0 Å². The van der Waals surface area contributed by atoms with Crippen LogP contribution in [0.2, 0.25) is 5.02 Å². The molecule has 0 radical (unpaired) electrons. The Morgan fingerprint density at radius 2 is 1.76 bits per heavy atom. The van der Waals surface area contributed by atoms with Crippen molar-refractivity contribution in [3.63, 3.8) is 0 Å². The number of nitrogens with two attached hydrogens (primary N) is 1. The van der Waals surface area contributed by atoms with Gasteiger partial charge < -0.3 is 10.8 Å². The molecule has 0 amide bonds. The maximum Gasteiger partial charge on any atom is 0.294 e. The Morgan fingerprint density at radius 1 is 1.24 bits per heavy atom. The zero-order valence-corrected chi connectivity index (χ0v) is 16.4. The van der Waals surface area contributed by atoms with Crippen LogP contribution in [0.4, 0.5) is 0 Å². The van der Waals surface area contributed by atoms with Gasteiger partial charge in [0.15, 0.2) is 0 Å². The molecule has 0 spiro atoms. The quantitative estimate of drug-likeness (QED) is 0.563. The van der Waals surface area contributed by atoms with Crippen molar-refractivity contribution in [2.24, 2.45) is 5.73 Å². The maximum atomic E-state index is 10.5. The summed E-state index contributed by atoms with van der Waals surface area (Å²) >= 11 is 9.08. The molecule has 5 nitrogen and oxygen atoms in total. The molecular formula is C17H23BrClNO4S. The van der Waals surface area contributed by atoms with E-state index in [-0.39, 0.29) is 24.1 Å². The predicted molar refractivity (Wildman–Crippen MR) is 106 cm³/mol. The van der Waals surface area contributed by atoms with E-state index in [9.17, 15) is 13.5 Å². The second-order valence-corrected chi connectivity index (χ2v) is 7.87. The van der Waals surface area contributed by atoms with Crippen LogP contribution in [0.25, 0.3) is 0 Å². The van der Waals surface area contributed by atoms with Crippen molar-refractivity contribution >= 4 is 37.6 Å². The second-order valence-electron chi connectivity index (χ2n) is 5.13. The minimum absolute atomic E-state index is 0. The van der Waals surface area contributed by atoms with Gasteiger partial charge in [-0.3, -0.25) is 4.55 Å². The number of rotatable bonds is 3. The van der Waals surface area contributed by atoms with Crippen LogP contribution in [0.5, 0.6) is 5.75 Å². The van der Waals surface area contributed by atoms with Gasteiger partial charge in [-0.05, 0) is 37.6 Å². The fourth-order valence-electron chi connectivity index (χ4n) is 1.80. The number of hydrogen-bond acceptors (Lipinski definition) is 4. The molecule has 0 aliphatic heterocycles. The van der Waals surface area contributed by atoms with E-state index in [1.54, 1.807) is 24.3 Å². The molecule has 25 heavy (non-hydrogen) atoms. The van der Waals surface area contributed by atoms with Gasteiger partial charge in [0, 0.05) is 16.1 Å². The molecule has 0 saturated carbocycles. The highest BCUT2D eigenvalue weighted by molar-refractivity contribution is 9.10. The Morgan fingerprint density at radius 3 is 2.20 bits per heavy atom. The van der Waals surface area contributed by atoms with Crippen LogP contribution in [0.15, 0.2) is 45.8 Å². The lowest BCUT2D eigenvalue weighted by Crippen LogP contribution is -2.08. The monoisotopic (exact) mass is 451 g/mol. The summed E-state index contributed by atoms with van der Waals surface area (Å²) in [5.74, 6) is 0.0826. The number of benzene rings is 2. The smallest absolute Gasteiger partial charge is 0.294 e. The molecule has 0 unspecified atom stereocenters. The van der Waals surface area contributed by atoms with E-state index >= 15 is 0 Å². The van der Waals surface area contributed by atoms with Crippen molar-refractivity contribution in [1.82, 2.24) is 0 Å². The van der Waals surface area contributed by atoms with Gasteiger partial charge in [-0.2, -0.15) is 8.42 Å². The lowest BCUT2D eigenvalue weighted by molar-refractivity contribution is 0.460. The molecular weight excluding hydrogens is 430 g/mol. The first-order valence-electron chi connectivity index (χ1n) is 7.04. The molecule has 1 atom stereocenters. The van der Waals surface area contributed by atoms with Crippen LogP contribution in [0.1, 0.15) is 37.9 Å². The lowest BCUT2D eigenvalue weighted by atomic mass is 10.0. The second kappa shape index (κ2) is 10.1. The van der Waals surface area contributed by atoms with Gasteiger partial charge in [-0.15, -0.1) is 0 Å². The zero-order valence-electron chi connectivity index (χ0n) is 13.2. The van der Waals surface area contributed by atoms with Gasteiger partial charge >= 0.3 is 0 Å². The SMILES string of the molecule is C.CC[C@H](N)c1cc(Br)cc(Cl)c1O.Cc1ccc(S(=O)(=O)O)cc1. The first kappa shape index (κ1) is 23.9. The first-order valence-corrected chi connectivity index (χ1v) is 9.65. The molecule has 0 saturated heterocycles. The van der Waals surface area contributed by atoms with Crippen LogP contribution < -0.4 is 5.73 Å². The molecule has 0 aromatic heterocycles. The summed E-state index contributed by atoms with van der Waals surface area (Å²) in [6, 6.07) is 9.25. The molecule has 2 rings (SSSR count). The third-order valence-corrected chi connectivity index (χ3v) is 4.83. The molecule has 8 heteroatoms. The minimum Gasteiger partial charge on any atom is -0.506 e. The molecule has 4 N–H and O–H groups in total. The number of halogens is 2. The molecule has 0 bridgehead atoms. The first-order chi connectivity index (χ1) is 11.1. The average molecular weight is 453 g/mol. The summed E-state index contributed by atoms with van der Waals surface area (Å²) in [5.41, 5.74) is 7.43. The van der Waals surface area contributed by atoms with Crippen molar-refractivity contribution in [2.45, 2.75) is 38.6 Å². The average Bonchev–Trinajstić information content (AvgIpc) is 2.50. The highest BCUT2D eigenvalue weighted by Crippen LogP contribution is 2.34. The van der Waals surface area contributed by atoms with Crippen LogP contribution in [0.3, 0.4) is 0 Å². The van der Waals surface area contributed by atoms with E-state index in [4.69, 9.17) is 21.9 Å². The van der Waals surface area contributed by atoms with E-state index in [1.807, 2.05) is 13.8 Å². The van der Waals surface area contributed by atoms with Crippen molar-refractivity contribution in [3.8, 4) is 5.75 Å². The Labute approximate surface area is 162 Å². The number of phenols is 1. The molecule has 0 heterocycles. The number of phenolic OH excluding ortho intramolecular Hbond substituents is 1. The number of hydrogen-bond donors (Lipinski definition) is 3. The summed E-state index contributed by atoms with van der Waals surface area (Å²) < 4.78 is 30.4. The Balaban J connectivity index is 0.000000449. The van der Waals surface area contributed by atoms with E-state index in [0.717, 1.165) is 16.5 Å². The number of aryl methyl sites for hydroxylation is 1. The van der Waals surface area contributed by atoms with Gasteiger partial charge in [0.1, 0.15) is 5.75 Å². The third kappa shape index (κ3) is 7.33. The lowest BCUT2D eigenvalue weighted by Gasteiger charge is -2.12. The van der Waals surface area contributed by atoms with Crippen molar-refractivity contribution in [1.29, 1.82) is 0 Å². The van der Waals surface area contributed by atoms with Crippen LogP contribution in [-0.2, 0) is 10.1 Å². The van der Waals surface area contributed by atoms with Gasteiger partial charge in [0.05, 0.1) is 9.92 Å². The fraction of sp³-hybridized carbons (Fsp3) is 0.294. The van der Waals surface area contributed by atoms with E-state index in [0.29, 0.717) is 10.6 Å². The van der Waals surface area contributed by atoms with Crippen LogP contribution in [-0.4, -0.2) is 18.1 Å². The summed E-state index contributed by atoms with van der Waals surface area (Å²) in [5, 5.41) is 9.92. The topological polar surface area (TPSA) is 101 Å². The summed E-state index contributed by atoms with van der Waals surface area (Å²) in [4.78, 5) is -0.0666. The fourth-order valence-corrected chi connectivity index (χ4v) is 3.11. The Hall–Kier alpha value is -1.12. The summed E-state index contributed by atoms with van der Waals surface area (Å²) in [6.07, 6.45) is 0.764. The molecule has 0 aliphatic carbocycles. The van der Waals surface area contributed by atoms with E-state index in [2.05, 4.69) is 15.9 Å².